The predicted octanol–water partition coefficient (Wildman–Crippen LogP) is 5.96. The lowest BCUT2D eigenvalue weighted by Gasteiger charge is -2.30. The summed E-state index contributed by atoms with van der Waals surface area (Å²) >= 11 is 0. The zero-order valence-corrected chi connectivity index (χ0v) is 32.8. The number of ether oxygens (including phenoxy) is 1. The average molecular weight is 759 g/mol. The van der Waals surface area contributed by atoms with Crippen molar-refractivity contribution in [2.24, 2.45) is 5.92 Å². The van der Waals surface area contributed by atoms with Crippen LogP contribution < -0.4 is 20.1 Å². The predicted molar refractivity (Wildman–Crippen MR) is 209 cm³/mol. The lowest BCUT2D eigenvalue weighted by Crippen LogP contribution is -2.58. The summed E-state index contributed by atoms with van der Waals surface area (Å²) in [6.07, 6.45) is 8.69. The molecule has 0 radical (unpaired) electrons. The number of anilines is 1. The first-order valence-corrected chi connectivity index (χ1v) is 21.1. The minimum absolute atomic E-state index is 0.0241. The molecule has 2 aliphatic heterocycles. The molecule has 2 aliphatic carbocycles. The highest BCUT2D eigenvalue weighted by atomic mass is 32.2. The molecule has 12 nitrogen and oxygen atoms in total. The minimum atomic E-state index is -3.94. The van der Waals surface area contributed by atoms with Crippen LogP contribution >= 0.6 is 0 Å². The highest BCUT2D eigenvalue weighted by Crippen LogP contribution is 2.47. The molecule has 1 saturated heterocycles. The van der Waals surface area contributed by atoms with Crippen LogP contribution in [0.2, 0.25) is 0 Å². The molecule has 3 fully saturated rings. The zero-order chi connectivity index (χ0) is 38.4. The first-order chi connectivity index (χ1) is 25.7. The summed E-state index contributed by atoms with van der Waals surface area (Å²) in [7, 11) is -3.94. The maximum atomic E-state index is 14.7. The first-order valence-electron chi connectivity index (χ1n) is 19.6. The molecule has 3 N–H and O–H groups in total. The maximum Gasteiger partial charge on any atom is 0.297 e. The number of sulfonamides is 1. The van der Waals surface area contributed by atoms with E-state index < -0.39 is 50.3 Å². The van der Waals surface area contributed by atoms with E-state index in [0.29, 0.717) is 25.3 Å². The van der Waals surface area contributed by atoms with Crippen molar-refractivity contribution in [2.45, 2.75) is 133 Å². The van der Waals surface area contributed by atoms with Crippen molar-refractivity contribution >= 4 is 44.5 Å². The largest absolute Gasteiger partial charge is 0.459 e. The van der Waals surface area contributed by atoms with Gasteiger partial charge in [-0.05, 0) is 89.0 Å². The average Bonchev–Trinajstić information content (AvgIpc) is 3.95. The SMILES string of the molecule is CC(C)c1cccc2c1nc(O[C@@H]1C[C@H]3C(=O)N[C@]4(C(=O)NS(=O)(=O)C5(C)CC5)C[C@H]4C=CCCCCC[C@H](Nc4ccccc4)C(=O)N3C1)n2C(C)C. The third kappa shape index (κ3) is 7.35. The van der Waals surface area contributed by atoms with Crippen LogP contribution in [0.15, 0.2) is 60.7 Å². The van der Waals surface area contributed by atoms with E-state index in [1.165, 1.54) is 0 Å². The number of rotatable bonds is 9. The van der Waals surface area contributed by atoms with Gasteiger partial charge in [-0.1, -0.05) is 69.2 Å². The number of fused-ring (bicyclic) bond motifs is 3. The summed E-state index contributed by atoms with van der Waals surface area (Å²) in [5.41, 5.74) is 2.28. The van der Waals surface area contributed by atoms with E-state index in [-0.39, 0.29) is 43.2 Å². The van der Waals surface area contributed by atoms with Crippen molar-refractivity contribution in [2.75, 3.05) is 11.9 Å². The van der Waals surface area contributed by atoms with Crippen LogP contribution in [0.4, 0.5) is 5.69 Å². The van der Waals surface area contributed by atoms with E-state index >= 15 is 0 Å². The fourth-order valence-corrected chi connectivity index (χ4v) is 9.31. The Labute approximate surface area is 318 Å². The van der Waals surface area contributed by atoms with Gasteiger partial charge in [0.25, 0.3) is 11.9 Å². The van der Waals surface area contributed by atoms with Gasteiger partial charge in [-0.25, -0.2) is 8.42 Å². The summed E-state index contributed by atoms with van der Waals surface area (Å²) in [6.45, 7) is 10.2. The third-order valence-electron chi connectivity index (χ3n) is 11.7. The van der Waals surface area contributed by atoms with Crippen molar-refractivity contribution < 1.29 is 27.5 Å². The van der Waals surface area contributed by atoms with Crippen LogP contribution in [0, 0.1) is 5.92 Å². The normalized spacial score (nSPS) is 27.1. The van der Waals surface area contributed by atoms with Gasteiger partial charge in [-0.3, -0.25) is 23.7 Å². The van der Waals surface area contributed by atoms with E-state index in [4.69, 9.17) is 9.72 Å². The molecule has 2 saturated carbocycles. The molecule has 3 aromatic rings. The molecular formula is C41H54N6O6S. The number of amides is 3. The lowest BCUT2D eigenvalue weighted by atomic mass is 10.0. The number of hydrogen-bond acceptors (Lipinski definition) is 8. The Bertz CT molecular complexity index is 2040. The molecule has 3 heterocycles. The van der Waals surface area contributed by atoms with Gasteiger partial charge >= 0.3 is 0 Å². The van der Waals surface area contributed by atoms with Crippen LogP contribution in [0.5, 0.6) is 6.01 Å². The number of aromatic nitrogens is 2. The van der Waals surface area contributed by atoms with Crippen molar-refractivity contribution in [3.05, 3.63) is 66.2 Å². The highest BCUT2D eigenvalue weighted by Gasteiger charge is 2.63. The number of benzene rings is 2. The third-order valence-corrected chi connectivity index (χ3v) is 13.9. The standard InChI is InChI=1S/C41H54N6O6S/c1-26(2)31-18-14-20-33-35(31)43-39(47(33)27(3)4)53-30-23-34-36(48)44-41(38(50)45-54(51,52)40(5)21-22-40)24-28(41)15-10-7-6-8-13-19-32(37(49)46(34)25-30)42-29-16-11-9-12-17-29/h9-12,14-18,20,26-28,30,32,34,42H,6-8,13,19,21-25H2,1-5H3,(H,44,48)(H,45,50)/t28-,30-,32+,34+,41-/m1/s1. The van der Waals surface area contributed by atoms with Crippen molar-refractivity contribution in [3.8, 4) is 6.01 Å². The second-order valence-corrected chi connectivity index (χ2v) is 18.7. The molecule has 2 aromatic carbocycles. The fraction of sp³-hybridized carbons (Fsp3) is 0.561. The number of para-hydroxylation sites is 2. The quantitative estimate of drug-likeness (QED) is 0.226. The Morgan fingerprint density at radius 3 is 2.48 bits per heavy atom. The minimum Gasteiger partial charge on any atom is -0.459 e. The molecule has 54 heavy (non-hydrogen) atoms. The molecule has 0 spiro atoms. The van der Waals surface area contributed by atoms with E-state index in [2.05, 4.69) is 53.7 Å². The zero-order valence-electron chi connectivity index (χ0n) is 32.0. The van der Waals surface area contributed by atoms with Crippen molar-refractivity contribution in [3.63, 3.8) is 0 Å². The van der Waals surface area contributed by atoms with Crippen molar-refractivity contribution in [1.29, 1.82) is 0 Å². The smallest absolute Gasteiger partial charge is 0.297 e. The number of hydrogen-bond donors (Lipinski definition) is 3. The van der Waals surface area contributed by atoms with E-state index in [1.54, 1.807) is 11.8 Å². The van der Waals surface area contributed by atoms with Crippen LogP contribution in [-0.2, 0) is 24.4 Å². The molecule has 1 aromatic heterocycles. The van der Waals surface area contributed by atoms with Crippen LogP contribution in [0.25, 0.3) is 11.0 Å². The van der Waals surface area contributed by atoms with E-state index in [9.17, 15) is 22.8 Å². The van der Waals surface area contributed by atoms with Gasteiger partial charge in [0, 0.05) is 24.1 Å². The number of nitrogens with zero attached hydrogens (tertiary/aromatic N) is 3. The lowest BCUT2D eigenvalue weighted by molar-refractivity contribution is -0.140. The highest BCUT2D eigenvalue weighted by molar-refractivity contribution is 7.91. The Kier molecular flexibility index (Phi) is 10.3. The molecule has 13 heteroatoms. The number of imidazole rings is 1. The van der Waals surface area contributed by atoms with Gasteiger partial charge in [0.1, 0.15) is 23.7 Å². The molecule has 0 bridgehead atoms. The van der Waals surface area contributed by atoms with Gasteiger partial charge in [0.05, 0.1) is 22.3 Å². The molecular weight excluding hydrogens is 705 g/mol. The second-order valence-electron chi connectivity index (χ2n) is 16.5. The molecule has 5 atom stereocenters. The van der Waals surface area contributed by atoms with Gasteiger partial charge in [-0.2, -0.15) is 4.98 Å². The number of allylic oxidation sites excluding steroid dienone is 1. The Hall–Kier alpha value is -4.39. The molecule has 3 amide bonds. The molecule has 290 valence electrons. The summed E-state index contributed by atoms with van der Waals surface area (Å²) < 4.78 is 36.4. The Balaban J connectivity index is 1.22. The summed E-state index contributed by atoms with van der Waals surface area (Å²) in [5, 5.41) is 6.42. The monoisotopic (exact) mass is 758 g/mol. The second kappa shape index (κ2) is 14.7. The van der Waals surface area contributed by atoms with Crippen LogP contribution in [0.3, 0.4) is 0 Å². The summed E-state index contributed by atoms with van der Waals surface area (Å²) in [6, 6.07) is 14.6. The topological polar surface area (TPSA) is 152 Å². The number of carbonyl (C=O) groups is 3. The number of nitrogens with one attached hydrogen (secondary N) is 3. The fourth-order valence-electron chi connectivity index (χ4n) is 8.00. The first kappa shape index (κ1) is 37.9. The van der Waals surface area contributed by atoms with Gasteiger partial charge in [0.15, 0.2) is 0 Å². The van der Waals surface area contributed by atoms with Gasteiger partial charge in [-0.15, -0.1) is 0 Å². The van der Waals surface area contributed by atoms with Crippen LogP contribution in [-0.4, -0.2) is 75.6 Å². The molecule has 0 unspecified atom stereocenters. The van der Waals surface area contributed by atoms with Crippen molar-refractivity contribution in [1.82, 2.24) is 24.5 Å². The summed E-state index contributed by atoms with van der Waals surface area (Å²) in [4.78, 5) is 49.7. The van der Waals surface area contributed by atoms with E-state index in [0.717, 1.165) is 48.0 Å². The van der Waals surface area contributed by atoms with Crippen LogP contribution in [0.1, 0.15) is 110 Å². The van der Waals surface area contributed by atoms with Gasteiger partial charge in [0.2, 0.25) is 21.8 Å². The molecule has 4 aliphatic rings. The Morgan fingerprint density at radius 1 is 1.02 bits per heavy atom. The molecule has 7 rings (SSSR count). The van der Waals surface area contributed by atoms with Gasteiger partial charge < -0.3 is 20.3 Å². The van der Waals surface area contributed by atoms with E-state index in [1.807, 2.05) is 54.6 Å². The summed E-state index contributed by atoms with van der Waals surface area (Å²) in [5.74, 6) is -1.61. The Morgan fingerprint density at radius 2 is 1.78 bits per heavy atom. The number of carbonyl (C=O) groups excluding carboxylic acids is 3. The maximum absolute atomic E-state index is 14.7.